The fraction of sp³-hybridized carbons (Fsp3) is 0.345. The van der Waals surface area contributed by atoms with E-state index in [0.29, 0.717) is 23.9 Å². The Morgan fingerprint density at radius 1 is 0.917 bits per heavy atom. The quantitative estimate of drug-likeness (QED) is 0.423. The maximum Gasteiger partial charge on any atom is 0.243 e. The second-order valence-corrected chi connectivity index (χ2v) is 12.0. The van der Waals surface area contributed by atoms with Gasteiger partial charge in [-0.15, -0.1) is 0 Å². The number of nitrogens with zero attached hydrogens (tertiary/aromatic N) is 3. The van der Waals surface area contributed by atoms with Crippen LogP contribution in [0.2, 0.25) is 0 Å². The third-order valence-electron chi connectivity index (χ3n) is 7.76. The second-order valence-electron chi connectivity index (χ2n) is 10.1. The maximum absolute atomic E-state index is 13.6. The molecule has 2 aliphatic rings. The van der Waals surface area contributed by atoms with Crippen molar-refractivity contribution in [1.82, 2.24) is 14.2 Å². The number of aromatic nitrogens is 1. The number of fused-ring (bicyclic) bond motifs is 3. The van der Waals surface area contributed by atoms with Crippen molar-refractivity contribution in [2.24, 2.45) is 5.92 Å². The van der Waals surface area contributed by atoms with Crippen molar-refractivity contribution < 1.29 is 8.42 Å². The highest BCUT2D eigenvalue weighted by Crippen LogP contribution is 2.31. The minimum atomic E-state index is -3.54. The van der Waals surface area contributed by atoms with Crippen molar-refractivity contribution >= 4 is 37.4 Å². The zero-order valence-electron chi connectivity index (χ0n) is 20.6. The topological polar surface area (TPSA) is 65.5 Å². The molecular weight excluding hydrogens is 468 g/mol. The number of anilines is 1. The van der Waals surface area contributed by atoms with Gasteiger partial charge in [-0.2, -0.15) is 4.31 Å². The number of aryl methyl sites for hydroxylation is 1. The molecule has 3 heterocycles. The maximum atomic E-state index is 13.6. The molecule has 6 rings (SSSR count). The Labute approximate surface area is 213 Å². The monoisotopic (exact) mass is 500 g/mol. The van der Waals surface area contributed by atoms with Gasteiger partial charge in [0.1, 0.15) is 0 Å². The van der Waals surface area contributed by atoms with Gasteiger partial charge in [-0.3, -0.25) is 9.88 Å². The molecule has 2 aliphatic heterocycles. The van der Waals surface area contributed by atoms with Crippen LogP contribution < -0.4 is 5.32 Å². The van der Waals surface area contributed by atoms with Gasteiger partial charge in [0.2, 0.25) is 10.0 Å². The number of nitrogens with one attached hydrogen (secondary N) is 1. The zero-order valence-corrected chi connectivity index (χ0v) is 21.4. The Bertz CT molecular complexity index is 1520. The van der Waals surface area contributed by atoms with Crippen molar-refractivity contribution in [1.29, 1.82) is 0 Å². The zero-order chi connectivity index (χ0) is 24.7. The number of pyridine rings is 1. The Balaban J connectivity index is 1.12. The Hall–Kier alpha value is -3.00. The van der Waals surface area contributed by atoms with E-state index in [1.807, 2.05) is 49.4 Å². The summed E-state index contributed by atoms with van der Waals surface area (Å²) in [4.78, 5) is 7.57. The van der Waals surface area contributed by atoms with Crippen LogP contribution in [0.25, 0.3) is 21.7 Å². The third kappa shape index (κ3) is 4.36. The van der Waals surface area contributed by atoms with Crippen LogP contribution in [0.1, 0.15) is 18.5 Å². The molecule has 2 unspecified atom stereocenters. The number of hydrogen-bond acceptors (Lipinski definition) is 5. The molecule has 36 heavy (non-hydrogen) atoms. The largest absolute Gasteiger partial charge is 0.384 e. The van der Waals surface area contributed by atoms with Gasteiger partial charge in [-0.25, -0.2) is 8.42 Å². The van der Waals surface area contributed by atoms with E-state index >= 15 is 0 Å². The smallest absolute Gasteiger partial charge is 0.243 e. The first-order chi connectivity index (χ1) is 17.5. The van der Waals surface area contributed by atoms with E-state index < -0.39 is 10.0 Å². The number of piperidine rings is 1. The van der Waals surface area contributed by atoms with E-state index in [2.05, 4.69) is 39.5 Å². The minimum Gasteiger partial charge on any atom is -0.384 e. The summed E-state index contributed by atoms with van der Waals surface area (Å²) in [5, 5.41) is 6.61. The average molecular weight is 501 g/mol. The number of hydrogen-bond donors (Lipinski definition) is 1. The summed E-state index contributed by atoms with van der Waals surface area (Å²) in [6.45, 7) is 5.84. The number of rotatable bonds is 5. The Kier molecular flexibility index (Phi) is 6.15. The highest BCUT2D eigenvalue weighted by atomic mass is 32.2. The highest BCUT2D eigenvalue weighted by Gasteiger charge is 2.37. The van der Waals surface area contributed by atoms with Crippen LogP contribution in [0.3, 0.4) is 0 Å². The lowest BCUT2D eigenvalue weighted by Gasteiger charge is -2.46. The molecule has 186 valence electrons. The van der Waals surface area contributed by atoms with Crippen LogP contribution in [0, 0.1) is 12.8 Å². The van der Waals surface area contributed by atoms with E-state index in [0.717, 1.165) is 65.5 Å². The van der Waals surface area contributed by atoms with E-state index in [4.69, 9.17) is 0 Å². The van der Waals surface area contributed by atoms with Crippen molar-refractivity contribution in [3.63, 3.8) is 0 Å². The van der Waals surface area contributed by atoms with E-state index in [1.54, 1.807) is 10.4 Å². The summed E-state index contributed by atoms with van der Waals surface area (Å²) >= 11 is 0. The molecule has 7 heteroatoms. The predicted molar refractivity (Wildman–Crippen MR) is 146 cm³/mol. The van der Waals surface area contributed by atoms with Crippen molar-refractivity contribution in [2.45, 2.75) is 30.7 Å². The molecule has 2 atom stereocenters. The summed E-state index contributed by atoms with van der Waals surface area (Å²) in [6.07, 6.45) is 2.11. The first kappa shape index (κ1) is 23.4. The number of sulfonamides is 1. The molecule has 4 aromatic rings. The van der Waals surface area contributed by atoms with Gasteiger partial charge >= 0.3 is 0 Å². The summed E-state index contributed by atoms with van der Waals surface area (Å²) in [6, 6.07) is 24.0. The minimum absolute atomic E-state index is 0.281. The van der Waals surface area contributed by atoms with Gasteiger partial charge in [0.15, 0.2) is 0 Å². The molecule has 2 fully saturated rings. The fourth-order valence-electron chi connectivity index (χ4n) is 5.88. The standard InChI is InChI=1S/C29H32N4O2S/c1-21-17-28(26-10-4-5-11-27(26)31-21)30-18-22-13-14-24-20-33(16-15-32(24)19-22)36(34,35)29-12-6-8-23-7-2-3-9-25(23)29/h2-12,17,22,24H,13-16,18-20H2,1H3,(H,30,31). The predicted octanol–water partition coefficient (Wildman–Crippen LogP) is 4.89. The molecule has 0 bridgehead atoms. The average Bonchev–Trinajstić information content (AvgIpc) is 2.90. The third-order valence-corrected chi connectivity index (χ3v) is 9.68. The van der Waals surface area contributed by atoms with Crippen LogP contribution >= 0.6 is 0 Å². The lowest BCUT2D eigenvalue weighted by atomic mass is 9.91. The molecule has 3 aromatic carbocycles. The number of benzene rings is 3. The Morgan fingerprint density at radius 2 is 1.69 bits per heavy atom. The van der Waals surface area contributed by atoms with E-state index in [-0.39, 0.29) is 6.04 Å². The molecule has 0 saturated carbocycles. The second kappa shape index (κ2) is 9.47. The molecule has 0 amide bonds. The van der Waals surface area contributed by atoms with Gasteiger partial charge < -0.3 is 5.32 Å². The van der Waals surface area contributed by atoms with Crippen LogP contribution in [-0.2, 0) is 10.0 Å². The van der Waals surface area contributed by atoms with Gasteiger partial charge in [-0.05, 0) is 49.3 Å². The lowest BCUT2D eigenvalue weighted by Crippen LogP contribution is -2.58. The highest BCUT2D eigenvalue weighted by molar-refractivity contribution is 7.89. The summed E-state index contributed by atoms with van der Waals surface area (Å²) in [5.74, 6) is 0.537. The van der Waals surface area contributed by atoms with Gasteiger partial charge in [0.05, 0.1) is 10.4 Å². The van der Waals surface area contributed by atoms with Gasteiger partial charge in [0, 0.05) is 60.9 Å². The van der Waals surface area contributed by atoms with Crippen LogP contribution in [0.15, 0.2) is 77.7 Å². The van der Waals surface area contributed by atoms with Crippen molar-refractivity contribution in [3.8, 4) is 0 Å². The number of piperazine rings is 1. The van der Waals surface area contributed by atoms with Gasteiger partial charge in [-0.1, -0.05) is 54.6 Å². The Morgan fingerprint density at radius 3 is 2.58 bits per heavy atom. The van der Waals surface area contributed by atoms with Crippen LogP contribution in [-0.4, -0.2) is 61.4 Å². The molecule has 2 saturated heterocycles. The molecule has 0 aliphatic carbocycles. The fourth-order valence-corrected chi connectivity index (χ4v) is 7.57. The van der Waals surface area contributed by atoms with Crippen LogP contribution in [0.5, 0.6) is 0 Å². The van der Waals surface area contributed by atoms with Gasteiger partial charge in [0.25, 0.3) is 0 Å². The molecule has 0 radical (unpaired) electrons. The first-order valence-electron chi connectivity index (χ1n) is 12.8. The van der Waals surface area contributed by atoms with Crippen LogP contribution in [0.4, 0.5) is 5.69 Å². The molecule has 0 spiro atoms. The first-order valence-corrected chi connectivity index (χ1v) is 14.3. The molecule has 6 nitrogen and oxygen atoms in total. The lowest BCUT2D eigenvalue weighted by molar-refractivity contribution is 0.0604. The SMILES string of the molecule is Cc1cc(NCC2CCC3CN(S(=O)(=O)c4cccc5ccccc45)CCN3C2)c2ccccc2n1. The molecule has 1 N–H and O–H groups in total. The normalized spacial score (nSPS) is 21.5. The van der Waals surface area contributed by atoms with E-state index in [9.17, 15) is 8.42 Å². The summed E-state index contributed by atoms with van der Waals surface area (Å²) < 4.78 is 29.0. The van der Waals surface area contributed by atoms with E-state index in [1.165, 1.54) is 0 Å². The summed E-state index contributed by atoms with van der Waals surface area (Å²) in [7, 11) is -3.54. The van der Waals surface area contributed by atoms with Crippen molar-refractivity contribution in [2.75, 3.05) is 38.0 Å². The molecular formula is C29H32N4O2S. The van der Waals surface area contributed by atoms with Crippen molar-refractivity contribution in [3.05, 3.63) is 78.5 Å². The summed E-state index contributed by atoms with van der Waals surface area (Å²) in [5.41, 5.74) is 3.18. The molecule has 1 aromatic heterocycles. The number of para-hydroxylation sites is 1.